The van der Waals surface area contributed by atoms with E-state index in [1.807, 2.05) is 36.6 Å². The van der Waals surface area contributed by atoms with Crippen LogP contribution in [0.3, 0.4) is 0 Å². The van der Waals surface area contributed by atoms with Gasteiger partial charge in [-0.25, -0.2) is 0 Å². The Bertz CT molecular complexity index is 687. The molecule has 0 spiro atoms. The summed E-state index contributed by atoms with van der Waals surface area (Å²) in [5, 5.41) is 5.00. The molecule has 3 rings (SSSR count). The fraction of sp³-hybridized carbons (Fsp3) is 0.353. The third kappa shape index (κ3) is 3.12. The molecule has 5 nitrogen and oxygen atoms in total. The van der Waals surface area contributed by atoms with Crippen LogP contribution < -0.4 is 5.32 Å². The molecule has 6 heteroatoms. The summed E-state index contributed by atoms with van der Waals surface area (Å²) in [6.07, 6.45) is 3.67. The summed E-state index contributed by atoms with van der Waals surface area (Å²) in [5.41, 5.74) is 0.999. The zero-order valence-electron chi connectivity index (χ0n) is 13.1. The quantitative estimate of drug-likeness (QED) is 0.937. The summed E-state index contributed by atoms with van der Waals surface area (Å²) in [6, 6.07) is 7.41. The maximum atomic E-state index is 12.7. The van der Waals surface area contributed by atoms with E-state index in [-0.39, 0.29) is 36.2 Å². The average Bonchev–Trinajstić information content (AvgIpc) is 3.17. The first-order valence-corrected chi connectivity index (χ1v) is 8.45. The number of rotatable bonds is 4. The molecule has 0 bridgehead atoms. The lowest BCUT2D eigenvalue weighted by atomic mass is 9.97. The zero-order chi connectivity index (χ0) is 16.4. The molecule has 2 aromatic rings. The Labute approximate surface area is 139 Å². The van der Waals surface area contributed by atoms with E-state index in [1.165, 1.54) is 0 Å². The number of thiophene rings is 1. The fourth-order valence-corrected chi connectivity index (χ4v) is 3.94. The molecule has 120 valence electrons. The molecular formula is C17H19N3O2S. The fourth-order valence-electron chi connectivity index (χ4n) is 3.01. The lowest BCUT2D eigenvalue weighted by molar-refractivity contribution is -0.128. The highest BCUT2D eigenvalue weighted by molar-refractivity contribution is 7.10. The van der Waals surface area contributed by atoms with Gasteiger partial charge in [-0.3, -0.25) is 14.6 Å². The maximum absolute atomic E-state index is 12.7. The van der Waals surface area contributed by atoms with Gasteiger partial charge in [-0.05, 0) is 36.1 Å². The summed E-state index contributed by atoms with van der Waals surface area (Å²) in [7, 11) is 1.77. The molecule has 23 heavy (non-hydrogen) atoms. The highest BCUT2D eigenvalue weighted by atomic mass is 32.1. The normalized spacial score (nSPS) is 22.2. The molecule has 0 aliphatic carbocycles. The molecule has 0 radical (unpaired) electrons. The Morgan fingerprint density at radius 2 is 2.13 bits per heavy atom. The number of hydrogen-bond donors (Lipinski definition) is 1. The smallest absolute Gasteiger partial charge is 0.226 e. The Balaban J connectivity index is 1.77. The molecule has 0 aromatic carbocycles. The van der Waals surface area contributed by atoms with Crippen LogP contribution in [-0.2, 0) is 9.59 Å². The molecule has 2 amide bonds. The van der Waals surface area contributed by atoms with Crippen molar-refractivity contribution in [3.63, 3.8) is 0 Å². The van der Waals surface area contributed by atoms with Crippen molar-refractivity contribution in [1.29, 1.82) is 0 Å². The van der Waals surface area contributed by atoms with Crippen LogP contribution >= 0.6 is 11.3 Å². The van der Waals surface area contributed by atoms with Gasteiger partial charge in [0.25, 0.3) is 0 Å². The van der Waals surface area contributed by atoms with Crippen LogP contribution in [0.15, 0.2) is 42.0 Å². The van der Waals surface area contributed by atoms with Crippen molar-refractivity contribution in [3.8, 4) is 0 Å². The second-order valence-electron chi connectivity index (χ2n) is 5.79. The third-order valence-electron chi connectivity index (χ3n) is 4.32. The Hall–Kier alpha value is -2.21. The van der Waals surface area contributed by atoms with Crippen LogP contribution in [0.2, 0.25) is 0 Å². The molecular weight excluding hydrogens is 310 g/mol. The first-order valence-electron chi connectivity index (χ1n) is 7.57. The monoisotopic (exact) mass is 329 g/mol. The van der Waals surface area contributed by atoms with Gasteiger partial charge in [-0.1, -0.05) is 6.07 Å². The zero-order valence-corrected chi connectivity index (χ0v) is 13.9. The van der Waals surface area contributed by atoms with E-state index in [0.29, 0.717) is 0 Å². The van der Waals surface area contributed by atoms with Crippen molar-refractivity contribution in [1.82, 2.24) is 15.2 Å². The van der Waals surface area contributed by atoms with E-state index in [9.17, 15) is 9.59 Å². The van der Waals surface area contributed by atoms with Gasteiger partial charge in [0.1, 0.15) is 0 Å². The second-order valence-corrected chi connectivity index (χ2v) is 6.77. The number of likely N-dealkylation sites (tertiary alicyclic amines) is 1. The van der Waals surface area contributed by atoms with Crippen molar-refractivity contribution in [2.45, 2.75) is 25.4 Å². The number of carbonyl (C=O) groups is 2. The van der Waals surface area contributed by atoms with Crippen LogP contribution in [0, 0.1) is 5.92 Å². The molecule has 1 N–H and O–H groups in total. The standard InChI is InChI=1S/C17H19N3O2S/c1-11(12-5-7-18-8-6-12)19-17(22)13-10-15(21)20(2)16(13)14-4-3-9-23-14/h3-9,11,13,16H,10H2,1-2H3,(H,19,22)/t11-,13+,16+/m0/s1. The lowest BCUT2D eigenvalue weighted by Crippen LogP contribution is -2.35. The molecule has 0 unspecified atom stereocenters. The van der Waals surface area contributed by atoms with Crippen molar-refractivity contribution in [2.24, 2.45) is 5.92 Å². The number of hydrogen-bond acceptors (Lipinski definition) is 4. The summed E-state index contributed by atoms with van der Waals surface area (Å²) >= 11 is 1.58. The van der Waals surface area contributed by atoms with Crippen LogP contribution in [0.4, 0.5) is 0 Å². The Kier molecular flexibility index (Phi) is 4.43. The van der Waals surface area contributed by atoms with Crippen LogP contribution in [0.5, 0.6) is 0 Å². The van der Waals surface area contributed by atoms with Gasteiger partial charge in [0.15, 0.2) is 0 Å². The van der Waals surface area contributed by atoms with Crippen molar-refractivity contribution >= 4 is 23.2 Å². The number of aromatic nitrogens is 1. The van der Waals surface area contributed by atoms with E-state index in [4.69, 9.17) is 0 Å². The maximum Gasteiger partial charge on any atom is 0.226 e. The number of carbonyl (C=O) groups excluding carboxylic acids is 2. The topological polar surface area (TPSA) is 62.3 Å². The molecule has 1 aliphatic heterocycles. The van der Waals surface area contributed by atoms with E-state index in [0.717, 1.165) is 10.4 Å². The minimum Gasteiger partial charge on any atom is -0.349 e. The van der Waals surface area contributed by atoms with Crippen molar-refractivity contribution in [3.05, 3.63) is 52.5 Å². The summed E-state index contributed by atoms with van der Waals surface area (Å²) < 4.78 is 0. The minimum absolute atomic E-state index is 0.0140. The number of nitrogens with one attached hydrogen (secondary N) is 1. The average molecular weight is 329 g/mol. The SMILES string of the molecule is C[C@H](NC(=O)[C@@H]1CC(=O)N(C)[C@H]1c1cccs1)c1ccncc1. The molecule has 1 saturated heterocycles. The predicted octanol–water partition coefficient (Wildman–Crippen LogP) is 2.54. The molecule has 3 heterocycles. The summed E-state index contributed by atoms with van der Waals surface area (Å²) in [5.74, 6) is -0.416. The highest BCUT2D eigenvalue weighted by Gasteiger charge is 2.43. The first-order chi connectivity index (χ1) is 11.1. The van der Waals surface area contributed by atoms with E-state index < -0.39 is 0 Å². The van der Waals surface area contributed by atoms with Crippen LogP contribution in [0.1, 0.15) is 35.9 Å². The van der Waals surface area contributed by atoms with Gasteiger partial charge >= 0.3 is 0 Å². The third-order valence-corrected chi connectivity index (χ3v) is 5.27. The van der Waals surface area contributed by atoms with Gasteiger partial charge < -0.3 is 10.2 Å². The Morgan fingerprint density at radius 1 is 1.39 bits per heavy atom. The van der Waals surface area contributed by atoms with Gasteiger partial charge in [0.05, 0.1) is 18.0 Å². The molecule has 1 aliphatic rings. The molecule has 3 atom stereocenters. The molecule has 0 saturated carbocycles. The van der Waals surface area contributed by atoms with Gasteiger partial charge in [0.2, 0.25) is 11.8 Å². The predicted molar refractivity (Wildman–Crippen MR) is 88.7 cm³/mol. The molecule has 1 fully saturated rings. The van der Waals surface area contributed by atoms with E-state index in [1.54, 1.807) is 35.7 Å². The van der Waals surface area contributed by atoms with Crippen LogP contribution in [0.25, 0.3) is 0 Å². The lowest BCUT2D eigenvalue weighted by Gasteiger charge is -2.24. The van der Waals surface area contributed by atoms with E-state index >= 15 is 0 Å². The molecule has 2 aromatic heterocycles. The number of nitrogens with zero attached hydrogens (tertiary/aromatic N) is 2. The second kappa shape index (κ2) is 6.50. The van der Waals surface area contributed by atoms with Gasteiger partial charge in [0, 0.05) is 30.7 Å². The highest BCUT2D eigenvalue weighted by Crippen LogP contribution is 2.39. The Morgan fingerprint density at radius 3 is 2.78 bits per heavy atom. The van der Waals surface area contributed by atoms with Crippen molar-refractivity contribution < 1.29 is 9.59 Å². The largest absolute Gasteiger partial charge is 0.349 e. The number of amides is 2. The van der Waals surface area contributed by atoms with Crippen LogP contribution in [-0.4, -0.2) is 28.7 Å². The van der Waals surface area contributed by atoms with Crippen molar-refractivity contribution in [2.75, 3.05) is 7.05 Å². The summed E-state index contributed by atoms with van der Waals surface area (Å²) in [4.78, 5) is 31.5. The summed E-state index contributed by atoms with van der Waals surface area (Å²) in [6.45, 7) is 1.94. The van der Waals surface area contributed by atoms with Gasteiger partial charge in [-0.15, -0.1) is 11.3 Å². The van der Waals surface area contributed by atoms with E-state index in [2.05, 4.69) is 10.3 Å². The first kappa shape index (κ1) is 15.7. The minimum atomic E-state index is -0.351. The number of pyridine rings is 1. The van der Waals surface area contributed by atoms with Gasteiger partial charge in [-0.2, -0.15) is 0 Å².